The normalized spacial score (nSPS) is 12.6. The molecular weight excluding hydrogens is 983 g/mol. The average molecular weight is 1130 g/mol. The smallest absolute Gasteiger partial charge is 0.305 e. The summed E-state index contributed by atoms with van der Waals surface area (Å²) in [7, 11) is 0. The van der Waals surface area contributed by atoms with Crippen molar-refractivity contribution in [2.45, 2.75) is 424 Å². The number of rotatable bonds is 69. The first kappa shape index (κ1) is 78.3. The lowest BCUT2D eigenvalue weighted by atomic mass is 10.0. The molecule has 80 heavy (non-hydrogen) atoms. The number of amides is 1. The Morgan fingerprint density at radius 3 is 0.887 bits per heavy atom. The average Bonchev–Trinajstić information content (AvgIpc) is 3.46. The van der Waals surface area contributed by atoms with Gasteiger partial charge in [-0.05, 0) is 77.0 Å². The van der Waals surface area contributed by atoms with E-state index in [0.29, 0.717) is 25.9 Å². The largest absolute Gasteiger partial charge is 0.466 e. The number of carbonyl (C=O) groups excluding carboxylic acids is 2. The maximum absolute atomic E-state index is 12.5. The minimum Gasteiger partial charge on any atom is -0.466 e. The number of hydrogen-bond acceptors (Lipinski definition) is 5. The van der Waals surface area contributed by atoms with Crippen molar-refractivity contribution in [2.75, 3.05) is 13.2 Å². The summed E-state index contributed by atoms with van der Waals surface area (Å²) >= 11 is 0. The molecule has 3 N–H and O–H groups in total. The third-order valence-corrected chi connectivity index (χ3v) is 17.2. The topological polar surface area (TPSA) is 95.9 Å². The zero-order valence-electron chi connectivity index (χ0n) is 54.3. The van der Waals surface area contributed by atoms with E-state index in [1.165, 1.54) is 334 Å². The van der Waals surface area contributed by atoms with Gasteiger partial charge in [-0.3, -0.25) is 9.59 Å². The van der Waals surface area contributed by atoms with E-state index in [4.69, 9.17) is 4.74 Å². The molecule has 474 valence electrons. The van der Waals surface area contributed by atoms with Crippen LogP contribution < -0.4 is 5.32 Å². The summed E-state index contributed by atoms with van der Waals surface area (Å²) in [5, 5.41) is 23.3. The quantitative estimate of drug-likeness (QED) is 0.0320. The molecule has 0 aliphatic heterocycles. The van der Waals surface area contributed by atoms with Gasteiger partial charge in [-0.2, -0.15) is 0 Å². The van der Waals surface area contributed by atoms with Crippen LogP contribution >= 0.6 is 0 Å². The number of aliphatic hydroxyl groups excluding tert-OH is 2. The standard InChI is InChI=1S/C74H143NO5/c1-3-5-7-9-11-13-15-17-19-40-44-48-52-56-60-64-68-74(79)80-69-65-61-57-53-49-45-41-37-35-33-31-29-27-25-23-21-20-22-24-26-28-30-32-34-36-39-43-47-51-55-59-63-67-73(78)75-71(70-76)72(77)66-62-58-54-50-46-42-38-18-16-14-12-10-8-6-4-2/h19,23,25,40,71-72,76-77H,3-18,20-22,24,26-39,41-70H2,1-2H3,(H,75,78)/b25-23-,40-19-. The fourth-order valence-electron chi connectivity index (χ4n) is 11.6. The third kappa shape index (κ3) is 65.5. The summed E-state index contributed by atoms with van der Waals surface area (Å²) in [5.41, 5.74) is 0. The van der Waals surface area contributed by atoms with Gasteiger partial charge in [-0.15, -0.1) is 0 Å². The lowest BCUT2D eigenvalue weighted by Crippen LogP contribution is -2.45. The van der Waals surface area contributed by atoms with Gasteiger partial charge in [-0.1, -0.05) is 346 Å². The van der Waals surface area contributed by atoms with Gasteiger partial charge in [0.25, 0.3) is 0 Å². The molecule has 0 aliphatic carbocycles. The van der Waals surface area contributed by atoms with Crippen LogP contribution in [0, 0.1) is 0 Å². The summed E-state index contributed by atoms with van der Waals surface area (Å²) in [6.45, 7) is 4.98. The second-order valence-corrected chi connectivity index (χ2v) is 25.3. The lowest BCUT2D eigenvalue weighted by Gasteiger charge is -2.22. The molecule has 6 nitrogen and oxygen atoms in total. The third-order valence-electron chi connectivity index (χ3n) is 17.2. The molecule has 0 saturated heterocycles. The molecule has 0 aromatic carbocycles. The minimum absolute atomic E-state index is 0.0115. The molecule has 0 radical (unpaired) electrons. The Morgan fingerprint density at radius 1 is 0.338 bits per heavy atom. The van der Waals surface area contributed by atoms with Crippen LogP contribution in [0.4, 0.5) is 0 Å². The Morgan fingerprint density at radius 2 is 0.588 bits per heavy atom. The molecule has 0 spiro atoms. The van der Waals surface area contributed by atoms with E-state index in [0.717, 1.165) is 44.9 Å². The van der Waals surface area contributed by atoms with Gasteiger partial charge < -0.3 is 20.3 Å². The van der Waals surface area contributed by atoms with E-state index in [2.05, 4.69) is 43.5 Å². The highest BCUT2D eigenvalue weighted by molar-refractivity contribution is 5.76. The minimum atomic E-state index is -0.662. The molecule has 2 atom stereocenters. The highest BCUT2D eigenvalue weighted by Gasteiger charge is 2.20. The maximum Gasteiger partial charge on any atom is 0.305 e. The van der Waals surface area contributed by atoms with E-state index in [1.54, 1.807) is 0 Å². The van der Waals surface area contributed by atoms with Crippen molar-refractivity contribution >= 4 is 11.9 Å². The van der Waals surface area contributed by atoms with Crippen LogP contribution in [0.3, 0.4) is 0 Å². The van der Waals surface area contributed by atoms with Crippen molar-refractivity contribution in [3.63, 3.8) is 0 Å². The highest BCUT2D eigenvalue weighted by Crippen LogP contribution is 2.19. The number of allylic oxidation sites excluding steroid dienone is 4. The molecule has 0 rings (SSSR count). The predicted molar refractivity (Wildman–Crippen MR) is 352 cm³/mol. The first-order valence-electron chi connectivity index (χ1n) is 36.6. The first-order valence-corrected chi connectivity index (χ1v) is 36.6. The lowest BCUT2D eigenvalue weighted by molar-refractivity contribution is -0.143. The number of esters is 1. The molecular formula is C74H143NO5. The first-order chi connectivity index (χ1) is 39.5. The van der Waals surface area contributed by atoms with Crippen molar-refractivity contribution in [1.82, 2.24) is 5.32 Å². The molecule has 0 aromatic heterocycles. The molecule has 0 bridgehead atoms. The van der Waals surface area contributed by atoms with Crippen LogP contribution in [0.2, 0.25) is 0 Å². The van der Waals surface area contributed by atoms with Crippen LogP contribution in [-0.4, -0.2) is 47.4 Å². The van der Waals surface area contributed by atoms with Gasteiger partial charge in [0.15, 0.2) is 0 Å². The van der Waals surface area contributed by atoms with Crippen molar-refractivity contribution in [2.24, 2.45) is 0 Å². The number of carbonyl (C=O) groups is 2. The monoisotopic (exact) mass is 1130 g/mol. The van der Waals surface area contributed by atoms with Crippen LogP contribution in [0.15, 0.2) is 24.3 Å². The number of nitrogens with one attached hydrogen (secondary N) is 1. The Kier molecular flexibility index (Phi) is 68.4. The molecule has 0 aliphatic rings. The van der Waals surface area contributed by atoms with E-state index in [-0.39, 0.29) is 18.5 Å². The summed E-state index contributed by atoms with van der Waals surface area (Å²) < 4.78 is 5.50. The van der Waals surface area contributed by atoms with E-state index in [9.17, 15) is 19.8 Å². The Hall–Kier alpha value is -1.66. The fraction of sp³-hybridized carbons (Fsp3) is 0.919. The van der Waals surface area contributed by atoms with Gasteiger partial charge in [0.05, 0.1) is 25.4 Å². The molecule has 1 amide bonds. The van der Waals surface area contributed by atoms with E-state index >= 15 is 0 Å². The SMILES string of the molecule is CCCCCCCCC/C=C\CCCCCCCC(=O)OCCCCCCCCCCCCCC/C=C\CCCCCCCCCCCCCCCCCCC(=O)NC(CO)C(O)CCCCCCCCCCCCCCCCC. The van der Waals surface area contributed by atoms with E-state index in [1.807, 2.05) is 0 Å². The highest BCUT2D eigenvalue weighted by atomic mass is 16.5. The zero-order chi connectivity index (χ0) is 57.8. The van der Waals surface area contributed by atoms with Crippen molar-refractivity contribution in [3.05, 3.63) is 24.3 Å². The Labute approximate surface area is 501 Å². The van der Waals surface area contributed by atoms with Gasteiger partial charge >= 0.3 is 5.97 Å². The molecule has 0 fully saturated rings. The van der Waals surface area contributed by atoms with Crippen molar-refractivity contribution in [1.29, 1.82) is 0 Å². The number of aliphatic hydroxyl groups is 2. The number of hydrogen-bond donors (Lipinski definition) is 3. The van der Waals surface area contributed by atoms with E-state index < -0.39 is 12.1 Å². The maximum atomic E-state index is 12.5. The van der Waals surface area contributed by atoms with Crippen molar-refractivity contribution < 1.29 is 24.5 Å². The second kappa shape index (κ2) is 69.8. The van der Waals surface area contributed by atoms with Gasteiger partial charge in [0.2, 0.25) is 5.91 Å². The van der Waals surface area contributed by atoms with Gasteiger partial charge in [0, 0.05) is 12.8 Å². The van der Waals surface area contributed by atoms with Crippen molar-refractivity contribution in [3.8, 4) is 0 Å². The van der Waals surface area contributed by atoms with Crippen LogP contribution in [0.25, 0.3) is 0 Å². The van der Waals surface area contributed by atoms with Gasteiger partial charge in [-0.25, -0.2) is 0 Å². The summed E-state index contributed by atoms with van der Waals surface area (Å²) in [5.74, 6) is -0.0177. The summed E-state index contributed by atoms with van der Waals surface area (Å²) in [4.78, 5) is 24.6. The Balaban J connectivity index is 3.34. The second-order valence-electron chi connectivity index (χ2n) is 25.3. The molecule has 0 saturated carbocycles. The fourth-order valence-corrected chi connectivity index (χ4v) is 11.6. The van der Waals surface area contributed by atoms with Crippen LogP contribution in [0.5, 0.6) is 0 Å². The molecule has 0 heterocycles. The predicted octanol–water partition coefficient (Wildman–Crippen LogP) is 23.7. The molecule has 2 unspecified atom stereocenters. The molecule has 0 aromatic rings. The number of ether oxygens (including phenoxy) is 1. The van der Waals surface area contributed by atoms with Crippen LogP contribution in [-0.2, 0) is 14.3 Å². The molecule has 6 heteroatoms. The zero-order valence-corrected chi connectivity index (χ0v) is 54.3. The summed E-state index contributed by atoms with van der Waals surface area (Å²) in [6, 6.07) is -0.539. The number of unbranched alkanes of at least 4 members (excludes halogenated alkanes) is 54. The summed E-state index contributed by atoms with van der Waals surface area (Å²) in [6.07, 6.45) is 88.1. The Bertz CT molecular complexity index is 1250. The van der Waals surface area contributed by atoms with Crippen LogP contribution in [0.1, 0.15) is 412 Å². The van der Waals surface area contributed by atoms with Gasteiger partial charge in [0.1, 0.15) is 0 Å².